The molecule has 5 aromatic rings. The lowest BCUT2D eigenvalue weighted by Gasteiger charge is -2.09. The van der Waals surface area contributed by atoms with Crippen LogP contribution in [0.2, 0.25) is 0 Å². The van der Waals surface area contributed by atoms with Gasteiger partial charge in [0.05, 0.1) is 17.4 Å². The number of nitrogens with one attached hydrogen (secondary N) is 4. The number of fused-ring (bicyclic) bond motifs is 2. The summed E-state index contributed by atoms with van der Waals surface area (Å²) >= 11 is 0. The molecule has 3 heterocycles. The quantitative estimate of drug-likeness (QED) is 0.379. The minimum Gasteiger partial charge on any atom is -0.366 e. The Balaban J connectivity index is 1.33. The molecule has 27 heavy (non-hydrogen) atoms. The Morgan fingerprint density at radius 3 is 3.00 bits per heavy atom. The van der Waals surface area contributed by atoms with Crippen molar-refractivity contribution >= 4 is 39.3 Å². The Morgan fingerprint density at radius 1 is 1.00 bits per heavy atom. The van der Waals surface area contributed by atoms with Crippen LogP contribution in [0.1, 0.15) is 5.56 Å². The molecule has 2 aromatic carbocycles. The molecule has 0 saturated heterocycles. The zero-order valence-corrected chi connectivity index (χ0v) is 14.4. The van der Waals surface area contributed by atoms with Crippen LogP contribution in [0.25, 0.3) is 21.8 Å². The van der Waals surface area contributed by atoms with Gasteiger partial charge in [-0.1, -0.05) is 12.1 Å². The topological polar surface area (TPSA) is 94.3 Å². The first-order valence-corrected chi connectivity index (χ1v) is 8.67. The molecule has 0 amide bonds. The van der Waals surface area contributed by atoms with E-state index in [2.05, 4.69) is 47.9 Å². The maximum absolute atomic E-state index is 4.56. The van der Waals surface area contributed by atoms with Crippen molar-refractivity contribution in [2.75, 3.05) is 10.6 Å². The van der Waals surface area contributed by atoms with Crippen LogP contribution in [0.5, 0.6) is 0 Å². The summed E-state index contributed by atoms with van der Waals surface area (Å²) in [6, 6.07) is 16.2. The number of hydrogen-bond donors (Lipinski definition) is 4. The summed E-state index contributed by atoms with van der Waals surface area (Å²) in [7, 11) is 0. The van der Waals surface area contributed by atoms with E-state index in [0.717, 1.165) is 38.9 Å². The molecule has 0 bridgehead atoms. The first-order chi connectivity index (χ1) is 13.3. The van der Waals surface area contributed by atoms with Gasteiger partial charge in [0.25, 0.3) is 0 Å². The summed E-state index contributed by atoms with van der Waals surface area (Å²) in [5, 5.41) is 15.9. The van der Waals surface area contributed by atoms with Crippen molar-refractivity contribution in [3.05, 3.63) is 72.7 Å². The Bertz CT molecular complexity index is 1220. The normalized spacial score (nSPS) is 11.1. The Hall–Kier alpha value is -3.87. The lowest BCUT2D eigenvalue weighted by atomic mass is 10.1. The highest BCUT2D eigenvalue weighted by Gasteiger charge is 2.05. The van der Waals surface area contributed by atoms with Crippen LogP contribution in [0.4, 0.5) is 17.5 Å². The molecule has 0 radical (unpaired) electrons. The third-order valence-corrected chi connectivity index (χ3v) is 4.48. The fraction of sp³-hybridized carbons (Fsp3) is 0.0500. The molecule has 0 aliphatic heterocycles. The molecule has 0 unspecified atom stereocenters. The van der Waals surface area contributed by atoms with Crippen LogP contribution < -0.4 is 10.6 Å². The van der Waals surface area contributed by atoms with Gasteiger partial charge in [-0.15, -0.1) is 0 Å². The number of aromatic amines is 2. The highest BCUT2D eigenvalue weighted by molar-refractivity contribution is 5.93. The standard InChI is InChI=1S/C20H17N7/c1-2-17-15(6-8-21-17)18(3-1)25-20-22-9-7-19(26-20)23-11-13-4-5-16-14(10-13)12-24-27-16/h1-10,12,21H,11H2,(H,24,27)(H2,22,23,25,26). The minimum atomic E-state index is 0.555. The fourth-order valence-corrected chi connectivity index (χ4v) is 3.13. The van der Waals surface area contributed by atoms with Crippen molar-refractivity contribution in [3.63, 3.8) is 0 Å². The van der Waals surface area contributed by atoms with E-state index in [1.165, 1.54) is 0 Å². The van der Waals surface area contributed by atoms with Crippen LogP contribution in [0.15, 0.2) is 67.1 Å². The van der Waals surface area contributed by atoms with Crippen molar-refractivity contribution < 1.29 is 0 Å². The molecule has 0 aliphatic carbocycles. The summed E-state index contributed by atoms with van der Waals surface area (Å²) in [5.41, 5.74) is 4.24. The average molecular weight is 355 g/mol. The van der Waals surface area contributed by atoms with Gasteiger partial charge in [-0.2, -0.15) is 10.1 Å². The number of aromatic nitrogens is 5. The summed E-state index contributed by atoms with van der Waals surface area (Å²) in [4.78, 5) is 12.1. The van der Waals surface area contributed by atoms with Crippen LogP contribution in [-0.4, -0.2) is 25.1 Å². The van der Waals surface area contributed by atoms with E-state index in [-0.39, 0.29) is 0 Å². The van der Waals surface area contributed by atoms with E-state index in [9.17, 15) is 0 Å². The van der Waals surface area contributed by atoms with Gasteiger partial charge in [0.15, 0.2) is 0 Å². The molecular weight excluding hydrogens is 338 g/mol. The average Bonchev–Trinajstić information content (AvgIpc) is 3.36. The van der Waals surface area contributed by atoms with Crippen LogP contribution >= 0.6 is 0 Å². The SMILES string of the molecule is c1cc(Nc2nccc(NCc3ccc4[nH]ncc4c3)n2)c2cc[nH]c2c1. The molecule has 0 spiro atoms. The van der Waals surface area contributed by atoms with Gasteiger partial charge in [0, 0.05) is 35.2 Å². The maximum Gasteiger partial charge on any atom is 0.229 e. The van der Waals surface area contributed by atoms with E-state index in [1.807, 2.05) is 48.8 Å². The molecule has 5 rings (SSSR count). The number of hydrogen-bond acceptors (Lipinski definition) is 5. The van der Waals surface area contributed by atoms with Gasteiger partial charge >= 0.3 is 0 Å². The van der Waals surface area contributed by atoms with Crippen LogP contribution in [0, 0.1) is 0 Å². The first kappa shape index (κ1) is 15.4. The first-order valence-electron chi connectivity index (χ1n) is 8.67. The maximum atomic E-state index is 4.56. The van der Waals surface area contributed by atoms with E-state index < -0.39 is 0 Å². The number of nitrogens with zero attached hydrogens (tertiary/aromatic N) is 3. The highest BCUT2D eigenvalue weighted by Crippen LogP contribution is 2.24. The van der Waals surface area contributed by atoms with Crippen molar-refractivity contribution in [2.45, 2.75) is 6.54 Å². The third-order valence-electron chi connectivity index (χ3n) is 4.48. The zero-order valence-electron chi connectivity index (χ0n) is 14.4. The molecular formula is C20H17N7. The second-order valence-electron chi connectivity index (χ2n) is 6.28. The van der Waals surface area contributed by atoms with Gasteiger partial charge < -0.3 is 15.6 Å². The molecule has 4 N–H and O–H groups in total. The summed E-state index contributed by atoms with van der Waals surface area (Å²) < 4.78 is 0. The monoisotopic (exact) mass is 355 g/mol. The summed E-state index contributed by atoms with van der Waals surface area (Å²) in [6.07, 6.45) is 5.49. The van der Waals surface area contributed by atoms with Crippen molar-refractivity contribution in [1.29, 1.82) is 0 Å². The van der Waals surface area contributed by atoms with Gasteiger partial charge in [-0.25, -0.2) is 4.98 Å². The fourth-order valence-electron chi connectivity index (χ4n) is 3.13. The molecule has 0 fully saturated rings. The highest BCUT2D eigenvalue weighted by atomic mass is 15.1. The number of anilines is 3. The second-order valence-corrected chi connectivity index (χ2v) is 6.28. The predicted molar refractivity (Wildman–Crippen MR) is 107 cm³/mol. The van der Waals surface area contributed by atoms with Crippen molar-refractivity contribution in [3.8, 4) is 0 Å². The molecule has 0 atom stereocenters. The van der Waals surface area contributed by atoms with Gasteiger partial charge in [-0.3, -0.25) is 5.10 Å². The van der Waals surface area contributed by atoms with Crippen LogP contribution in [-0.2, 0) is 6.54 Å². The number of benzene rings is 2. The molecule has 3 aromatic heterocycles. The summed E-state index contributed by atoms with van der Waals surface area (Å²) in [6.45, 7) is 0.672. The van der Waals surface area contributed by atoms with Gasteiger partial charge in [0.2, 0.25) is 5.95 Å². The zero-order chi connectivity index (χ0) is 18.1. The predicted octanol–water partition coefficient (Wildman–Crippen LogP) is 4.19. The number of H-pyrrole nitrogens is 2. The van der Waals surface area contributed by atoms with E-state index in [1.54, 1.807) is 6.20 Å². The van der Waals surface area contributed by atoms with Crippen molar-refractivity contribution in [2.24, 2.45) is 0 Å². The molecule has 0 saturated carbocycles. The lowest BCUT2D eigenvalue weighted by Crippen LogP contribution is -2.04. The van der Waals surface area contributed by atoms with E-state index >= 15 is 0 Å². The Kier molecular flexibility index (Phi) is 3.68. The third kappa shape index (κ3) is 3.06. The Morgan fingerprint density at radius 2 is 2.00 bits per heavy atom. The Labute approximate surface area is 154 Å². The molecule has 7 heteroatoms. The molecule has 132 valence electrons. The van der Waals surface area contributed by atoms with Crippen molar-refractivity contribution in [1.82, 2.24) is 25.1 Å². The smallest absolute Gasteiger partial charge is 0.229 e. The summed E-state index contributed by atoms with van der Waals surface area (Å²) in [5.74, 6) is 1.32. The van der Waals surface area contributed by atoms with Gasteiger partial charge in [-0.05, 0) is 42.0 Å². The van der Waals surface area contributed by atoms with E-state index in [0.29, 0.717) is 12.5 Å². The molecule has 0 aliphatic rings. The second kappa shape index (κ2) is 6.45. The minimum absolute atomic E-state index is 0.555. The molecule has 7 nitrogen and oxygen atoms in total. The van der Waals surface area contributed by atoms with Gasteiger partial charge in [0.1, 0.15) is 5.82 Å². The van der Waals surface area contributed by atoms with Crippen LogP contribution in [0.3, 0.4) is 0 Å². The lowest BCUT2D eigenvalue weighted by molar-refractivity contribution is 1.09. The van der Waals surface area contributed by atoms with E-state index in [4.69, 9.17) is 0 Å². The largest absolute Gasteiger partial charge is 0.366 e. The number of rotatable bonds is 5.